The Morgan fingerprint density at radius 2 is 2.00 bits per heavy atom. The molecule has 154 valence electrons. The summed E-state index contributed by atoms with van der Waals surface area (Å²) < 4.78 is 26.7. The largest absolute Gasteiger partial charge is 0.465 e. The summed E-state index contributed by atoms with van der Waals surface area (Å²) in [5, 5.41) is 10.9. The van der Waals surface area contributed by atoms with Crippen molar-refractivity contribution in [3.05, 3.63) is 40.8 Å². The molecule has 2 aromatic rings. The van der Waals surface area contributed by atoms with Gasteiger partial charge in [0, 0.05) is 18.6 Å². The lowest BCUT2D eigenvalue weighted by molar-refractivity contribution is -0.215. The summed E-state index contributed by atoms with van der Waals surface area (Å²) in [7, 11) is 1.41. The number of hydrogen-bond acceptors (Lipinski definition) is 8. The highest BCUT2D eigenvalue weighted by Crippen LogP contribution is 2.26. The number of fused-ring (bicyclic) bond motifs is 1. The van der Waals surface area contributed by atoms with Crippen LogP contribution in [0.4, 0.5) is 4.79 Å². The minimum absolute atomic E-state index is 0.328. The van der Waals surface area contributed by atoms with Crippen LogP contribution in [0.3, 0.4) is 0 Å². The molecular formula is C19H25NO8. The van der Waals surface area contributed by atoms with Gasteiger partial charge in [0.1, 0.15) is 30.1 Å². The molecule has 0 bridgehead atoms. The van der Waals surface area contributed by atoms with Crippen LogP contribution in [0.25, 0.3) is 11.0 Å². The van der Waals surface area contributed by atoms with Crippen molar-refractivity contribution in [2.75, 3.05) is 13.7 Å². The predicted molar refractivity (Wildman–Crippen MR) is 100 cm³/mol. The third kappa shape index (κ3) is 5.69. The Balaban J connectivity index is 2.04. The van der Waals surface area contributed by atoms with Crippen molar-refractivity contribution < 1.29 is 33.3 Å². The molecule has 0 aliphatic carbocycles. The van der Waals surface area contributed by atoms with E-state index < -0.39 is 35.8 Å². The number of rotatable bonds is 9. The van der Waals surface area contributed by atoms with E-state index in [2.05, 4.69) is 4.74 Å². The Hall–Kier alpha value is -2.62. The van der Waals surface area contributed by atoms with Gasteiger partial charge in [0.25, 0.3) is 0 Å². The van der Waals surface area contributed by atoms with Crippen molar-refractivity contribution in [2.45, 2.75) is 44.9 Å². The quantitative estimate of drug-likeness (QED) is 0.485. The van der Waals surface area contributed by atoms with Gasteiger partial charge in [-0.15, -0.1) is 0 Å². The van der Waals surface area contributed by atoms with Crippen LogP contribution in [0.2, 0.25) is 0 Å². The monoisotopic (exact) mass is 395 g/mol. The van der Waals surface area contributed by atoms with E-state index in [4.69, 9.17) is 24.4 Å². The van der Waals surface area contributed by atoms with Crippen molar-refractivity contribution in [1.82, 2.24) is 0 Å². The van der Waals surface area contributed by atoms with E-state index in [0.717, 1.165) is 0 Å². The average Bonchev–Trinajstić information content (AvgIpc) is 2.59. The minimum Gasteiger partial charge on any atom is -0.465 e. The van der Waals surface area contributed by atoms with Gasteiger partial charge < -0.3 is 34.2 Å². The highest BCUT2D eigenvalue weighted by Gasteiger charge is 2.38. The van der Waals surface area contributed by atoms with Gasteiger partial charge in [-0.25, -0.2) is 9.59 Å². The zero-order valence-electron chi connectivity index (χ0n) is 16.2. The standard InChI is InChI=1S/C19H25NO8/c1-11(26-13-6-7-15-12(9-13)5-8-16(22)27-15)28-19(2,3)17(24-4)14(21)10-25-18(20)23/h5-9,11,14,17,21H,10H2,1-4H3,(H2,20,23)/t11-,14?,17?/m1/s1. The first-order valence-electron chi connectivity index (χ1n) is 8.64. The molecule has 2 unspecified atom stereocenters. The average molecular weight is 395 g/mol. The number of hydrogen-bond donors (Lipinski definition) is 2. The molecule has 2 rings (SSSR count). The lowest BCUT2D eigenvalue weighted by Gasteiger charge is -2.37. The number of aliphatic hydroxyl groups is 1. The topological polar surface area (TPSA) is 130 Å². The van der Waals surface area contributed by atoms with E-state index in [1.165, 1.54) is 13.2 Å². The van der Waals surface area contributed by atoms with Gasteiger partial charge in [-0.05, 0) is 45.0 Å². The fourth-order valence-electron chi connectivity index (χ4n) is 2.99. The second kappa shape index (κ2) is 9.05. The van der Waals surface area contributed by atoms with E-state index in [1.807, 2.05) is 0 Å². The van der Waals surface area contributed by atoms with Crippen LogP contribution in [0.15, 0.2) is 39.5 Å². The van der Waals surface area contributed by atoms with Crippen LogP contribution in [-0.4, -0.2) is 49.0 Å². The van der Waals surface area contributed by atoms with E-state index in [9.17, 15) is 14.7 Å². The minimum atomic E-state index is -1.15. The Morgan fingerprint density at radius 3 is 2.64 bits per heavy atom. The molecule has 1 aromatic heterocycles. The molecule has 9 heteroatoms. The Labute approximate surface area is 161 Å². The van der Waals surface area contributed by atoms with Gasteiger partial charge in [0.2, 0.25) is 0 Å². The van der Waals surface area contributed by atoms with Crippen molar-refractivity contribution in [2.24, 2.45) is 5.73 Å². The zero-order valence-corrected chi connectivity index (χ0v) is 16.2. The van der Waals surface area contributed by atoms with E-state index in [0.29, 0.717) is 16.7 Å². The molecule has 3 atom stereocenters. The van der Waals surface area contributed by atoms with Crippen LogP contribution < -0.4 is 16.1 Å². The summed E-state index contributed by atoms with van der Waals surface area (Å²) in [5.41, 5.74) is 3.95. The number of ether oxygens (including phenoxy) is 4. The molecule has 0 spiro atoms. The summed E-state index contributed by atoms with van der Waals surface area (Å²) in [4.78, 5) is 22.0. The molecule has 0 radical (unpaired) electrons. The first-order valence-corrected chi connectivity index (χ1v) is 8.64. The molecule has 0 fully saturated rings. The second-order valence-corrected chi connectivity index (χ2v) is 6.71. The number of carbonyl (C=O) groups excluding carboxylic acids is 1. The van der Waals surface area contributed by atoms with Gasteiger partial charge in [0.15, 0.2) is 6.29 Å². The van der Waals surface area contributed by atoms with Crippen molar-refractivity contribution in [3.8, 4) is 5.75 Å². The number of nitrogens with two attached hydrogens (primary N) is 1. The maximum atomic E-state index is 11.2. The van der Waals surface area contributed by atoms with Crippen LogP contribution in [0.5, 0.6) is 5.75 Å². The zero-order chi connectivity index (χ0) is 20.9. The maximum Gasteiger partial charge on any atom is 0.404 e. The third-order valence-electron chi connectivity index (χ3n) is 4.05. The van der Waals surface area contributed by atoms with Crippen molar-refractivity contribution in [3.63, 3.8) is 0 Å². The molecule has 9 nitrogen and oxygen atoms in total. The fraction of sp³-hybridized carbons (Fsp3) is 0.474. The summed E-state index contributed by atoms with van der Waals surface area (Å²) >= 11 is 0. The molecule has 0 aliphatic rings. The van der Waals surface area contributed by atoms with Crippen molar-refractivity contribution in [1.29, 1.82) is 0 Å². The first kappa shape index (κ1) is 21.7. The maximum absolute atomic E-state index is 11.2. The van der Waals surface area contributed by atoms with Crippen LogP contribution in [0.1, 0.15) is 20.8 Å². The number of methoxy groups -OCH3 is 1. The number of primary amides is 1. The van der Waals surface area contributed by atoms with Crippen LogP contribution in [0, 0.1) is 0 Å². The normalized spacial score (nSPS) is 15.0. The summed E-state index contributed by atoms with van der Waals surface area (Å²) in [6.07, 6.45) is -3.66. The van der Waals surface area contributed by atoms with Crippen LogP contribution in [-0.2, 0) is 14.2 Å². The molecule has 28 heavy (non-hydrogen) atoms. The van der Waals surface area contributed by atoms with Crippen molar-refractivity contribution >= 4 is 17.1 Å². The Kier molecular flexibility index (Phi) is 7.00. The number of amides is 1. The Bertz CT molecular complexity index is 862. The number of aliphatic hydroxyl groups excluding tert-OH is 1. The molecule has 1 aromatic carbocycles. The molecule has 1 heterocycles. The van der Waals surface area contributed by atoms with Gasteiger partial charge in [-0.3, -0.25) is 0 Å². The predicted octanol–water partition coefficient (Wildman–Crippen LogP) is 1.78. The molecular weight excluding hydrogens is 370 g/mol. The molecule has 0 aliphatic heterocycles. The van der Waals surface area contributed by atoms with Gasteiger partial charge in [-0.1, -0.05) is 0 Å². The highest BCUT2D eigenvalue weighted by molar-refractivity contribution is 5.77. The van der Waals surface area contributed by atoms with Crippen LogP contribution >= 0.6 is 0 Å². The number of benzene rings is 1. The lowest BCUT2D eigenvalue weighted by atomic mass is 9.96. The summed E-state index contributed by atoms with van der Waals surface area (Å²) in [6.45, 7) is 4.79. The molecule has 0 saturated heterocycles. The van der Waals surface area contributed by atoms with Gasteiger partial charge in [0.05, 0.1) is 5.60 Å². The summed E-state index contributed by atoms with van der Waals surface area (Å²) in [6, 6.07) is 7.97. The van der Waals surface area contributed by atoms with E-state index in [-0.39, 0.29) is 6.61 Å². The summed E-state index contributed by atoms with van der Waals surface area (Å²) in [5.74, 6) is 0.510. The van der Waals surface area contributed by atoms with E-state index >= 15 is 0 Å². The second-order valence-electron chi connectivity index (χ2n) is 6.71. The van der Waals surface area contributed by atoms with Gasteiger partial charge >= 0.3 is 11.7 Å². The SMILES string of the molecule is COC(C(O)COC(N)=O)C(C)(C)O[C@H](C)Oc1ccc2oc(=O)ccc2c1. The smallest absolute Gasteiger partial charge is 0.404 e. The third-order valence-corrected chi connectivity index (χ3v) is 4.05. The number of carbonyl (C=O) groups is 1. The molecule has 3 N–H and O–H groups in total. The fourth-order valence-corrected chi connectivity index (χ4v) is 2.99. The van der Waals surface area contributed by atoms with E-state index in [1.54, 1.807) is 45.0 Å². The Morgan fingerprint density at radius 1 is 1.29 bits per heavy atom. The lowest BCUT2D eigenvalue weighted by Crippen LogP contribution is -2.51. The van der Waals surface area contributed by atoms with Gasteiger partial charge in [-0.2, -0.15) is 0 Å². The molecule has 0 saturated carbocycles. The first-order chi connectivity index (χ1) is 13.1. The highest BCUT2D eigenvalue weighted by atomic mass is 16.7. The molecule has 1 amide bonds.